The molecule has 1 fully saturated rings. The van der Waals surface area contributed by atoms with Crippen molar-refractivity contribution in [2.75, 3.05) is 32.7 Å². The molecule has 1 aromatic rings. The molecule has 8 heteroatoms. The van der Waals surface area contributed by atoms with Gasteiger partial charge in [0.15, 0.2) is 0 Å². The summed E-state index contributed by atoms with van der Waals surface area (Å²) in [5.74, 6) is -0.991. The van der Waals surface area contributed by atoms with Crippen molar-refractivity contribution < 1.29 is 18.8 Å². The van der Waals surface area contributed by atoms with Crippen LogP contribution in [-0.4, -0.2) is 60.2 Å². The third-order valence-corrected chi connectivity index (χ3v) is 4.53. The first-order chi connectivity index (χ1) is 11.4. The molecule has 24 heavy (non-hydrogen) atoms. The first kappa shape index (κ1) is 18.4. The van der Waals surface area contributed by atoms with Gasteiger partial charge >= 0.3 is 0 Å². The first-order valence-electron chi connectivity index (χ1n) is 7.65. The van der Waals surface area contributed by atoms with E-state index in [4.69, 9.17) is 0 Å². The Balaban J connectivity index is 1.75. The number of piperazine rings is 1. The minimum atomic E-state index is -0.512. The second-order valence-corrected chi connectivity index (χ2v) is 6.38. The van der Waals surface area contributed by atoms with Crippen molar-refractivity contribution in [3.63, 3.8) is 0 Å². The van der Waals surface area contributed by atoms with Crippen molar-refractivity contribution >= 4 is 33.7 Å². The van der Waals surface area contributed by atoms with E-state index >= 15 is 0 Å². The highest BCUT2D eigenvalue weighted by molar-refractivity contribution is 9.10. The van der Waals surface area contributed by atoms with Gasteiger partial charge in [-0.15, -0.1) is 0 Å². The zero-order valence-electron chi connectivity index (χ0n) is 13.3. The molecule has 0 aromatic heterocycles. The predicted octanol–water partition coefficient (Wildman–Crippen LogP) is 1.40. The molecule has 0 bridgehead atoms. The zero-order chi connectivity index (χ0) is 17.7. The van der Waals surface area contributed by atoms with Crippen LogP contribution in [0, 0.1) is 5.82 Å². The fraction of sp³-hybridized carbons (Fsp3) is 0.438. The van der Waals surface area contributed by atoms with Crippen LogP contribution in [0.3, 0.4) is 0 Å². The van der Waals surface area contributed by atoms with Crippen LogP contribution in [-0.2, 0) is 9.59 Å². The Labute approximate surface area is 148 Å². The van der Waals surface area contributed by atoms with E-state index in [9.17, 15) is 18.8 Å². The molecule has 1 aromatic carbocycles. The summed E-state index contributed by atoms with van der Waals surface area (Å²) in [6.07, 6.45) is 0.171. The Morgan fingerprint density at radius 3 is 2.38 bits per heavy atom. The van der Waals surface area contributed by atoms with Crippen LogP contribution in [0.15, 0.2) is 22.7 Å². The quantitative estimate of drug-likeness (QED) is 0.831. The van der Waals surface area contributed by atoms with Gasteiger partial charge < -0.3 is 15.1 Å². The summed E-state index contributed by atoms with van der Waals surface area (Å²) in [4.78, 5) is 38.7. The Hall–Kier alpha value is -1.96. The van der Waals surface area contributed by atoms with Crippen molar-refractivity contribution in [1.82, 2.24) is 15.1 Å². The van der Waals surface area contributed by atoms with Crippen LogP contribution in [0.1, 0.15) is 23.7 Å². The summed E-state index contributed by atoms with van der Waals surface area (Å²) in [7, 11) is 0. The Morgan fingerprint density at radius 2 is 1.79 bits per heavy atom. The van der Waals surface area contributed by atoms with Gasteiger partial charge in [0.2, 0.25) is 11.8 Å². The molecule has 6 nitrogen and oxygen atoms in total. The minimum absolute atomic E-state index is 0.0103. The van der Waals surface area contributed by atoms with E-state index in [1.54, 1.807) is 9.80 Å². The van der Waals surface area contributed by atoms with Gasteiger partial charge in [-0.2, -0.15) is 0 Å². The lowest BCUT2D eigenvalue weighted by Crippen LogP contribution is -2.50. The molecule has 1 aliphatic heterocycles. The Morgan fingerprint density at radius 1 is 1.17 bits per heavy atom. The number of rotatable bonds is 4. The van der Waals surface area contributed by atoms with Gasteiger partial charge in [-0.25, -0.2) is 4.39 Å². The SMILES string of the molecule is CC(=O)N1CCN(C(=O)CCNC(=O)c2ccc(Br)c(F)c2)CC1. The highest BCUT2D eigenvalue weighted by atomic mass is 79.9. The van der Waals surface area contributed by atoms with Crippen LogP contribution in [0.5, 0.6) is 0 Å². The zero-order valence-corrected chi connectivity index (χ0v) is 14.9. The highest BCUT2D eigenvalue weighted by Gasteiger charge is 2.22. The number of amides is 3. The maximum Gasteiger partial charge on any atom is 0.251 e. The number of carbonyl (C=O) groups is 3. The van der Waals surface area contributed by atoms with E-state index in [0.29, 0.717) is 30.7 Å². The van der Waals surface area contributed by atoms with E-state index < -0.39 is 11.7 Å². The number of hydrogen-bond donors (Lipinski definition) is 1. The lowest BCUT2D eigenvalue weighted by atomic mass is 10.2. The molecule has 0 atom stereocenters. The summed E-state index contributed by atoms with van der Waals surface area (Å²) in [5, 5.41) is 2.61. The number of halogens is 2. The van der Waals surface area contributed by atoms with Crippen molar-refractivity contribution in [1.29, 1.82) is 0 Å². The molecule has 3 amide bonds. The number of nitrogens with one attached hydrogen (secondary N) is 1. The molecule has 0 spiro atoms. The summed E-state index contributed by atoms with van der Waals surface area (Å²) < 4.78 is 13.7. The van der Waals surface area contributed by atoms with Gasteiger partial charge in [0.05, 0.1) is 4.47 Å². The molecule has 1 heterocycles. The van der Waals surface area contributed by atoms with Crippen LogP contribution in [0.25, 0.3) is 0 Å². The molecule has 0 unspecified atom stereocenters. The van der Waals surface area contributed by atoms with Gasteiger partial charge in [-0.05, 0) is 34.1 Å². The van der Waals surface area contributed by atoms with E-state index in [1.807, 2.05) is 0 Å². The normalized spacial score (nSPS) is 14.5. The number of benzene rings is 1. The molecule has 1 N–H and O–H groups in total. The van der Waals surface area contributed by atoms with Gasteiger partial charge in [0.25, 0.3) is 5.91 Å². The Bertz CT molecular complexity index is 645. The standard InChI is InChI=1S/C16H19BrFN3O3/c1-11(22)20-6-8-21(9-7-20)15(23)4-5-19-16(24)12-2-3-13(17)14(18)10-12/h2-3,10H,4-9H2,1H3,(H,19,24). The minimum Gasteiger partial charge on any atom is -0.352 e. The van der Waals surface area contributed by atoms with Crippen LogP contribution >= 0.6 is 15.9 Å². The molecule has 1 saturated heterocycles. The maximum absolute atomic E-state index is 13.4. The fourth-order valence-electron chi connectivity index (χ4n) is 2.45. The molecular formula is C16H19BrFN3O3. The van der Waals surface area contributed by atoms with E-state index in [0.717, 1.165) is 6.07 Å². The fourth-order valence-corrected chi connectivity index (χ4v) is 2.70. The molecule has 0 radical (unpaired) electrons. The second-order valence-electron chi connectivity index (χ2n) is 5.52. The van der Waals surface area contributed by atoms with Gasteiger partial charge in [-0.3, -0.25) is 14.4 Å². The van der Waals surface area contributed by atoms with Crippen molar-refractivity contribution in [3.05, 3.63) is 34.1 Å². The smallest absolute Gasteiger partial charge is 0.251 e. The summed E-state index contributed by atoms with van der Waals surface area (Å²) in [6.45, 7) is 3.77. The summed E-state index contributed by atoms with van der Waals surface area (Å²) >= 11 is 3.03. The van der Waals surface area contributed by atoms with Gasteiger partial charge in [-0.1, -0.05) is 0 Å². The second kappa shape index (κ2) is 8.23. The summed E-state index contributed by atoms with van der Waals surface area (Å²) in [5.41, 5.74) is 0.207. The topological polar surface area (TPSA) is 69.7 Å². The molecule has 130 valence electrons. The van der Waals surface area contributed by atoms with Gasteiger partial charge in [0.1, 0.15) is 5.82 Å². The molecule has 1 aliphatic rings. The van der Waals surface area contributed by atoms with Gasteiger partial charge in [0, 0.05) is 51.6 Å². The average Bonchev–Trinajstić information content (AvgIpc) is 2.57. The molecule has 2 rings (SSSR count). The molecular weight excluding hydrogens is 381 g/mol. The van der Waals surface area contributed by atoms with Crippen LogP contribution in [0.2, 0.25) is 0 Å². The lowest BCUT2D eigenvalue weighted by molar-refractivity contribution is -0.138. The Kier molecular flexibility index (Phi) is 6.30. The lowest BCUT2D eigenvalue weighted by Gasteiger charge is -2.34. The highest BCUT2D eigenvalue weighted by Crippen LogP contribution is 2.16. The van der Waals surface area contributed by atoms with E-state index in [-0.39, 0.29) is 30.3 Å². The number of hydrogen-bond acceptors (Lipinski definition) is 3. The predicted molar refractivity (Wildman–Crippen MR) is 89.9 cm³/mol. The van der Waals surface area contributed by atoms with Crippen LogP contribution < -0.4 is 5.32 Å². The monoisotopic (exact) mass is 399 g/mol. The third-order valence-electron chi connectivity index (χ3n) is 3.88. The molecule has 0 aliphatic carbocycles. The largest absolute Gasteiger partial charge is 0.352 e. The third kappa shape index (κ3) is 4.77. The average molecular weight is 400 g/mol. The maximum atomic E-state index is 13.4. The van der Waals surface area contributed by atoms with Crippen molar-refractivity contribution in [3.8, 4) is 0 Å². The number of carbonyl (C=O) groups excluding carboxylic acids is 3. The van der Waals surface area contributed by atoms with Crippen LogP contribution in [0.4, 0.5) is 4.39 Å². The van der Waals surface area contributed by atoms with Crippen molar-refractivity contribution in [2.24, 2.45) is 0 Å². The van der Waals surface area contributed by atoms with E-state index in [2.05, 4.69) is 21.2 Å². The van der Waals surface area contributed by atoms with E-state index in [1.165, 1.54) is 19.1 Å². The first-order valence-corrected chi connectivity index (χ1v) is 8.44. The molecule has 0 saturated carbocycles. The van der Waals surface area contributed by atoms with Crippen molar-refractivity contribution in [2.45, 2.75) is 13.3 Å². The summed E-state index contributed by atoms with van der Waals surface area (Å²) in [6, 6.07) is 4.11. The number of nitrogens with zero attached hydrogens (tertiary/aromatic N) is 2.